The van der Waals surface area contributed by atoms with E-state index in [0.717, 1.165) is 30.7 Å². The third kappa shape index (κ3) is 5.55. The highest BCUT2D eigenvalue weighted by molar-refractivity contribution is 5.24. The lowest BCUT2D eigenvalue weighted by atomic mass is 10.2. The van der Waals surface area contributed by atoms with Crippen LogP contribution in [0.3, 0.4) is 0 Å². The third-order valence-electron chi connectivity index (χ3n) is 4.31. The standard InChI is InChI=1S/C15H18F2N2O.C7H8O/c1-3-7-19-12(4-2)10-18(15(19)20)9-11-5-6-13(16)14(17)8-11;1-6-2-4-7(8)5-3-6/h5-6,8,10H,3-4,7,9H2,1-2H3;2-5,8H,1H3. The summed E-state index contributed by atoms with van der Waals surface area (Å²) in [5.41, 5.74) is 2.60. The summed E-state index contributed by atoms with van der Waals surface area (Å²) in [5.74, 6) is -1.44. The van der Waals surface area contributed by atoms with Gasteiger partial charge in [0.15, 0.2) is 11.6 Å². The van der Waals surface area contributed by atoms with Gasteiger partial charge in [0.1, 0.15) is 5.75 Å². The van der Waals surface area contributed by atoms with E-state index in [1.807, 2.05) is 32.9 Å². The van der Waals surface area contributed by atoms with Crippen LogP contribution in [0.2, 0.25) is 0 Å². The number of aryl methyl sites for hydroxylation is 2. The van der Waals surface area contributed by atoms with E-state index in [2.05, 4.69) is 0 Å². The molecule has 150 valence electrons. The highest BCUT2D eigenvalue weighted by Crippen LogP contribution is 2.11. The van der Waals surface area contributed by atoms with Gasteiger partial charge in [0, 0.05) is 18.4 Å². The van der Waals surface area contributed by atoms with E-state index in [1.54, 1.807) is 27.5 Å². The summed E-state index contributed by atoms with van der Waals surface area (Å²) >= 11 is 0. The second kappa shape index (κ2) is 9.88. The minimum Gasteiger partial charge on any atom is -0.508 e. The van der Waals surface area contributed by atoms with Crippen molar-refractivity contribution in [3.05, 3.63) is 87.6 Å². The molecule has 6 heteroatoms. The first-order valence-electron chi connectivity index (χ1n) is 9.34. The first kappa shape index (κ1) is 21.4. The Balaban J connectivity index is 0.000000292. The average molecular weight is 388 g/mol. The molecule has 0 saturated carbocycles. The van der Waals surface area contributed by atoms with E-state index >= 15 is 0 Å². The maximum Gasteiger partial charge on any atom is 0.328 e. The Hall–Kier alpha value is -2.89. The molecule has 2 aromatic carbocycles. The van der Waals surface area contributed by atoms with Crippen molar-refractivity contribution < 1.29 is 13.9 Å². The minimum absolute atomic E-state index is 0.103. The van der Waals surface area contributed by atoms with Crippen LogP contribution in [0.5, 0.6) is 5.75 Å². The maximum atomic E-state index is 13.2. The molecule has 0 radical (unpaired) electrons. The van der Waals surface area contributed by atoms with Crippen molar-refractivity contribution in [1.82, 2.24) is 9.13 Å². The van der Waals surface area contributed by atoms with E-state index in [9.17, 15) is 13.6 Å². The topological polar surface area (TPSA) is 47.2 Å². The van der Waals surface area contributed by atoms with Crippen LogP contribution in [0.25, 0.3) is 0 Å². The molecule has 0 atom stereocenters. The fourth-order valence-electron chi connectivity index (χ4n) is 2.82. The van der Waals surface area contributed by atoms with Crippen LogP contribution in [-0.4, -0.2) is 14.2 Å². The van der Waals surface area contributed by atoms with E-state index in [-0.39, 0.29) is 12.2 Å². The number of aromatic hydroxyl groups is 1. The van der Waals surface area contributed by atoms with Gasteiger partial charge < -0.3 is 5.11 Å². The number of nitrogens with zero attached hydrogens (tertiary/aromatic N) is 2. The van der Waals surface area contributed by atoms with Crippen LogP contribution < -0.4 is 5.69 Å². The molecule has 0 aliphatic rings. The Morgan fingerprint density at radius 3 is 2.21 bits per heavy atom. The molecule has 0 aliphatic carbocycles. The van der Waals surface area contributed by atoms with Gasteiger partial charge in [-0.3, -0.25) is 9.13 Å². The molecule has 1 heterocycles. The third-order valence-corrected chi connectivity index (χ3v) is 4.31. The van der Waals surface area contributed by atoms with E-state index in [4.69, 9.17) is 5.11 Å². The number of hydrogen-bond donors (Lipinski definition) is 1. The molecule has 1 N–H and O–H groups in total. The van der Waals surface area contributed by atoms with Crippen LogP contribution in [-0.2, 0) is 19.5 Å². The predicted octanol–water partition coefficient (Wildman–Crippen LogP) is 4.65. The lowest BCUT2D eigenvalue weighted by Gasteiger charge is -2.03. The molecule has 3 aromatic rings. The van der Waals surface area contributed by atoms with Crippen molar-refractivity contribution in [2.24, 2.45) is 0 Å². The quantitative estimate of drug-likeness (QED) is 0.692. The smallest absolute Gasteiger partial charge is 0.328 e. The van der Waals surface area contributed by atoms with Crippen molar-refractivity contribution in [2.45, 2.75) is 46.7 Å². The van der Waals surface area contributed by atoms with Gasteiger partial charge in [-0.25, -0.2) is 13.6 Å². The lowest BCUT2D eigenvalue weighted by molar-refractivity contribution is 0.475. The Morgan fingerprint density at radius 2 is 1.68 bits per heavy atom. The average Bonchev–Trinajstić information content (AvgIpc) is 2.97. The monoisotopic (exact) mass is 388 g/mol. The number of phenols is 1. The molecule has 28 heavy (non-hydrogen) atoms. The molecule has 3 rings (SSSR count). The fourth-order valence-corrected chi connectivity index (χ4v) is 2.82. The van der Waals surface area contributed by atoms with Gasteiger partial charge in [0.25, 0.3) is 0 Å². The van der Waals surface area contributed by atoms with Crippen molar-refractivity contribution in [2.75, 3.05) is 0 Å². The SMILES string of the molecule is CCCn1c(CC)cn(Cc2ccc(F)c(F)c2)c1=O.Cc1ccc(O)cc1. The summed E-state index contributed by atoms with van der Waals surface area (Å²) in [7, 11) is 0. The molecular weight excluding hydrogens is 362 g/mol. The number of hydrogen-bond acceptors (Lipinski definition) is 2. The molecular formula is C22H26F2N2O2. The highest BCUT2D eigenvalue weighted by Gasteiger charge is 2.10. The number of phenolic OH excluding ortho intramolecular Hbond substituents is 1. The molecule has 0 bridgehead atoms. The zero-order valence-corrected chi connectivity index (χ0v) is 16.5. The highest BCUT2D eigenvalue weighted by atomic mass is 19.2. The van der Waals surface area contributed by atoms with Gasteiger partial charge in [0.2, 0.25) is 0 Å². The van der Waals surface area contributed by atoms with Gasteiger partial charge in [-0.15, -0.1) is 0 Å². The first-order chi connectivity index (χ1) is 13.3. The molecule has 1 aromatic heterocycles. The Labute approximate surface area is 163 Å². The van der Waals surface area contributed by atoms with Gasteiger partial charge in [-0.1, -0.05) is 37.6 Å². The van der Waals surface area contributed by atoms with E-state index < -0.39 is 11.6 Å². The number of aromatic nitrogens is 2. The van der Waals surface area contributed by atoms with Crippen molar-refractivity contribution >= 4 is 0 Å². The lowest BCUT2D eigenvalue weighted by Crippen LogP contribution is -2.25. The van der Waals surface area contributed by atoms with Crippen molar-refractivity contribution in [1.29, 1.82) is 0 Å². The predicted molar refractivity (Wildman–Crippen MR) is 107 cm³/mol. The second-order valence-corrected chi connectivity index (χ2v) is 6.62. The Bertz CT molecular complexity index is 939. The fraction of sp³-hybridized carbons (Fsp3) is 0.318. The summed E-state index contributed by atoms with van der Waals surface area (Å²) < 4.78 is 29.4. The summed E-state index contributed by atoms with van der Waals surface area (Å²) in [6.45, 7) is 6.91. The van der Waals surface area contributed by atoms with Crippen LogP contribution in [0, 0.1) is 18.6 Å². The molecule has 4 nitrogen and oxygen atoms in total. The van der Waals surface area contributed by atoms with Crippen molar-refractivity contribution in [3.8, 4) is 5.75 Å². The molecule has 0 aliphatic heterocycles. The molecule has 0 fully saturated rings. The van der Waals surface area contributed by atoms with Crippen LogP contribution in [0.15, 0.2) is 53.5 Å². The molecule has 0 saturated heterocycles. The van der Waals surface area contributed by atoms with Crippen molar-refractivity contribution in [3.63, 3.8) is 0 Å². The summed E-state index contributed by atoms with van der Waals surface area (Å²) in [4.78, 5) is 12.3. The van der Waals surface area contributed by atoms with E-state index in [0.29, 0.717) is 17.9 Å². The van der Waals surface area contributed by atoms with Crippen LogP contribution in [0.4, 0.5) is 8.78 Å². The van der Waals surface area contributed by atoms with Crippen LogP contribution in [0.1, 0.15) is 37.1 Å². The molecule has 0 spiro atoms. The number of rotatable bonds is 5. The Morgan fingerprint density at radius 1 is 1.00 bits per heavy atom. The number of halogens is 2. The molecule has 0 unspecified atom stereocenters. The van der Waals surface area contributed by atoms with Gasteiger partial charge in [-0.05, 0) is 49.6 Å². The number of imidazole rings is 1. The largest absolute Gasteiger partial charge is 0.508 e. The summed E-state index contributed by atoms with van der Waals surface area (Å²) in [6, 6.07) is 10.8. The van der Waals surface area contributed by atoms with Gasteiger partial charge >= 0.3 is 5.69 Å². The normalized spacial score (nSPS) is 10.5. The van der Waals surface area contributed by atoms with E-state index in [1.165, 1.54) is 11.6 Å². The summed E-state index contributed by atoms with van der Waals surface area (Å²) in [6.07, 6.45) is 3.43. The number of benzene rings is 2. The molecule has 0 amide bonds. The Kier molecular flexibility index (Phi) is 7.55. The van der Waals surface area contributed by atoms with Gasteiger partial charge in [0.05, 0.1) is 6.54 Å². The maximum absolute atomic E-state index is 13.2. The second-order valence-electron chi connectivity index (χ2n) is 6.62. The minimum atomic E-state index is -0.890. The zero-order valence-electron chi connectivity index (χ0n) is 16.5. The van der Waals surface area contributed by atoms with Gasteiger partial charge in [-0.2, -0.15) is 0 Å². The first-order valence-corrected chi connectivity index (χ1v) is 9.34. The summed E-state index contributed by atoms with van der Waals surface area (Å²) in [5, 5.41) is 8.76. The zero-order chi connectivity index (χ0) is 20.7. The van der Waals surface area contributed by atoms with Crippen LogP contribution >= 0.6 is 0 Å².